The largest absolute Gasteiger partial charge is 0.496 e. The van der Waals surface area contributed by atoms with Gasteiger partial charge in [-0.15, -0.1) is 0 Å². The molecule has 0 radical (unpaired) electrons. The number of ether oxygens (including phenoxy) is 2. The third-order valence-electron chi connectivity index (χ3n) is 7.97. The molecule has 0 bridgehead atoms. The van der Waals surface area contributed by atoms with Crippen LogP contribution in [0.15, 0.2) is 42.5 Å². The standard InChI is InChI=1S/C26H27ClN2O5.C2HF3O2/c1-28-23(30)20-21(24(28)31)26(25(32)34-3)11-4-5-12-29(26)22(20)16-9-10-18(19(14-16)33-2)15-7-6-8-17(27)13-15;3-2(4,5)1(6)7/h6-10,13-14,20-22H,4-5,11-12H2,1-3H3;(H,6,7)/t20?,21?,22?,26-;/m0./s1. The molecular weight excluding hydrogens is 569 g/mol. The minimum Gasteiger partial charge on any atom is -0.496 e. The Morgan fingerprint density at radius 3 is 2.34 bits per heavy atom. The molecule has 1 N–H and O–H groups in total. The van der Waals surface area contributed by atoms with Crippen molar-refractivity contribution >= 4 is 35.4 Å². The summed E-state index contributed by atoms with van der Waals surface area (Å²) < 4.78 is 42.7. The summed E-state index contributed by atoms with van der Waals surface area (Å²) >= 11 is 6.20. The number of benzene rings is 2. The van der Waals surface area contributed by atoms with Crippen LogP contribution in [0.25, 0.3) is 11.1 Å². The summed E-state index contributed by atoms with van der Waals surface area (Å²) in [5.41, 5.74) is 1.47. The smallest absolute Gasteiger partial charge is 0.490 e. The molecule has 2 amide bonds. The lowest BCUT2D eigenvalue weighted by molar-refractivity contribution is -0.192. The molecule has 0 aromatic heterocycles. The van der Waals surface area contributed by atoms with Crippen molar-refractivity contribution in [3.8, 4) is 16.9 Å². The van der Waals surface area contributed by atoms with Crippen LogP contribution >= 0.6 is 11.6 Å². The molecule has 0 spiro atoms. The number of carboxylic acids is 1. The topological polar surface area (TPSA) is 113 Å². The quantitative estimate of drug-likeness (QED) is 0.410. The third kappa shape index (κ3) is 5.14. The highest BCUT2D eigenvalue weighted by atomic mass is 35.5. The maximum absolute atomic E-state index is 13.3. The van der Waals surface area contributed by atoms with Gasteiger partial charge in [0.2, 0.25) is 11.8 Å². The Kier molecular flexibility index (Phi) is 8.38. The fourth-order valence-corrected chi connectivity index (χ4v) is 6.48. The van der Waals surface area contributed by atoms with Gasteiger partial charge in [0.1, 0.15) is 11.3 Å². The maximum atomic E-state index is 13.3. The molecule has 0 saturated carbocycles. The highest BCUT2D eigenvalue weighted by molar-refractivity contribution is 6.30. The van der Waals surface area contributed by atoms with Gasteiger partial charge in [0.15, 0.2) is 0 Å². The fourth-order valence-electron chi connectivity index (χ4n) is 6.29. The predicted molar refractivity (Wildman–Crippen MR) is 140 cm³/mol. The van der Waals surface area contributed by atoms with Crippen molar-refractivity contribution in [1.29, 1.82) is 0 Å². The van der Waals surface area contributed by atoms with Crippen molar-refractivity contribution in [2.75, 3.05) is 27.8 Å². The lowest BCUT2D eigenvalue weighted by atomic mass is 9.75. The molecule has 220 valence electrons. The molecule has 41 heavy (non-hydrogen) atoms. The first-order chi connectivity index (χ1) is 19.3. The zero-order valence-electron chi connectivity index (χ0n) is 22.4. The van der Waals surface area contributed by atoms with Gasteiger partial charge in [-0.25, -0.2) is 4.79 Å². The zero-order valence-corrected chi connectivity index (χ0v) is 23.2. The lowest BCUT2D eigenvalue weighted by Gasteiger charge is -2.44. The second-order valence-corrected chi connectivity index (χ2v) is 10.5. The van der Waals surface area contributed by atoms with E-state index in [1.54, 1.807) is 7.11 Å². The van der Waals surface area contributed by atoms with Crippen molar-refractivity contribution in [2.45, 2.75) is 37.0 Å². The van der Waals surface area contributed by atoms with Crippen LogP contribution < -0.4 is 4.74 Å². The minimum atomic E-state index is -5.08. The summed E-state index contributed by atoms with van der Waals surface area (Å²) in [5, 5.41) is 7.75. The predicted octanol–water partition coefficient (Wildman–Crippen LogP) is 4.33. The van der Waals surface area contributed by atoms with Crippen molar-refractivity contribution in [2.24, 2.45) is 11.8 Å². The second-order valence-electron chi connectivity index (χ2n) is 10.0. The fraction of sp³-hybridized carbons (Fsp3) is 0.429. The van der Waals surface area contributed by atoms with E-state index in [4.69, 9.17) is 31.0 Å². The summed E-state index contributed by atoms with van der Waals surface area (Å²) in [6.07, 6.45) is -2.92. The van der Waals surface area contributed by atoms with Gasteiger partial charge < -0.3 is 14.6 Å². The van der Waals surface area contributed by atoms with E-state index in [0.717, 1.165) is 29.5 Å². The summed E-state index contributed by atoms with van der Waals surface area (Å²) in [4.78, 5) is 52.0. The molecular formula is C28H28ClF3N2O7. The number of halogens is 4. The van der Waals surface area contributed by atoms with Crippen LogP contribution in [-0.4, -0.2) is 78.2 Å². The Morgan fingerprint density at radius 1 is 1.07 bits per heavy atom. The number of fused-ring (bicyclic) bond motifs is 3. The number of carbonyl (C=O) groups is 4. The number of esters is 1. The molecule has 3 aliphatic rings. The summed E-state index contributed by atoms with van der Waals surface area (Å²) in [6, 6.07) is 12.9. The van der Waals surface area contributed by atoms with Gasteiger partial charge in [0, 0.05) is 23.7 Å². The first-order valence-corrected chi connectivity index (χ1v) is 13.1. The number of aliphatic carboxylic acids is 1. The van der Waals surface area contributed by atoms with Gasteiger partial charge in [-0.1, -0.05) is 35.9 Å². The van der Waals surface area contributed by atoms with Gasteiger partial charge in [0.25, 0.3) is 0 Å². The number of imide groups is 1. The van der Waals surface area contributed by atoms with Gasteiger partial charge in [-0.2, -0.15) is 13.2 Å². The molecule has 5 rings (SSSR count). The van der Waals surface area contributed by atoms with E-state index < -0.39 is 41.5 Å². The van der Waals surface area contributed by atoms with Gasteiger partial charge >= 0.3 is 18.1 Å². The van der Waals surface area contributed by atoms with E-state index in [1.165, 1.54) is 19.1 Å². The molecule has 3 fully saturated rings. The highest BCUT2D eigenvalue weighted by Crippen LogP contribution is 2.58. The van der Waals surface area contributed by atoms with Crippen LogP contribution in [0.1, 0.15) is 30.9 Å². The molecule has 0 aliphatic carbocycles. The van der Waals surface area contributed by atoms with Crippen molar-refractivity contribution in [1.82, 2.24) is 9.80 Å². The maximum Gasteiger partial charge on any atom is 0.490 e. The Labute approximate surface area is 238 Å². The first kappa shape index (κ1) is 30.3. The van der Waals surface area contributed by atoms with Crippen LogP contribution in [-0.2, 0) is 23.9 Å². The van der Waals surface area contributed by atoms with Crippen LogP contribution in [0.3, 0.4) is 0 Å². The van der Waals surface area contributed by atoms with Crippen molar-refractivity contribution < 1.29 is 46.9 Å². The molecule has 3 unspecified atom stereocenters. The number of nitrogens with zero attached hydrogens (tertiary/aromatic N) is 2. The zero-order chi connectivity index (χ0) is 30.3. The van der Waals surface area contributed by atoms with Crippen LogP contribution in [0.4, 0.5) is 13.2 Å². The Hall–Kier alpha value is -3.64. The molecule has 3 saturated heterocycles. The number of piperidine rings is 1. The van der Waals surface area contributed by atoms with Crippen LogP contribution in [0.2, 0.25) is 5.02 Å². The van der Waals surface area contributed by atoms with E-state index in [-0.39, 0.29) is 11.8 Å². The second kappa shape index (κ2) is 11.3. The average molecular weight is 597 g/mol. The van der Waals surface area contributed by atoms with E-state index >= 15 is 0 Å². The minimum absolute atomic E-state index is 0.254. The van der Waals surface area contributed by atoms with Crippen LogP contribution in [0.5, 0.6) is 5.75 Å². The number of hydrogen-bond acceptors (Lipinski definition) is 7. The molecule has 4 atom stereocenters. The van der Waals surface area contributed by atoms with Gasteiger partial charge in [-0.3, -0.25) is 24.2 Å². The Balaban J connectivity index is 0.000000493. The van der Waals surface area contributed by atoms with E-state index in [2.05, 4.69) is 0 Å². The first-order valence-electron chi connectivity index (χ1n) is 12.7. The lowest BCUT2D eigenvalue weighted by Crippen LogP contribution is -2.59. The molecule has 13 heteroatoms. The van der Waals surface area contributed by atoms with Gasteiger partial charge in [-0.05, 0) is 55.1 Å². The molecule has 3 heterocycles. The number of hydrogen-bond donors (Lipinski definition) is 1. The van der Waals surface area contributed by atoms with Crippen LogP contribution in [0, 0.1) is 11.8 Å². The van der Waals surface area contributed by atoms with Crippen molar-refractivity contribution in [3.05, 3.63) is 53.1 Å². The number of likely N-dealkylation sites (tertiary alicyclic amines) is 1. The Bertz CT molecular complexity index is 1380. The molecule has 9 nitrogen and oxygen atoms in total. The van der Waals surface area contributed by atoms with Gasteiger partial charge in [0.05, 0.1) is 26.1 Å². The number of carboxylic acid groups (broad SMARTS) is 1. The molecule has 3 aliphatic heterocycles. The molecule has 2 aromatic rings. The summed E-state index contributed by atoms with van der Waals surface area (Å²) in [7, 11) is 4.45. The SMILES string of the molecule is COC(=O)[C@@]12CCCCN1C(c1ccc(-c3cccc(Cl)c3)c(OC)c1)C1C(=O)N(C)C(=O)C12.O=C(O)C(F)(F)F. The highest BCUT2D eigenvalue weighted by Gasteiger charge is 2.72. The number of alkyl halides is 3. The Morgan fingerprint density at radius 2 is 1.76 bits per heavy atom. The van der Waals surface area contributed by atoms with E-state index in [9.17, 15) is 27.6 Å². The third-order valence-corrected chi connectivity index (χ3v) is 8.20. The van der Waals surface area contributed by atoms with E-state index in [0.29, 0.717) is 23.7 Å². The number of rotatable bonds is 4. The summed E-state index contributed by atoms with van der Waals surface area (Å²) in [6.45, 7) is 0.607. The normalized spacial score (nSPS) is 25.6. The summed E-state index contributed by atoms with van der Waals surface area (Å²) in [5.74, 6) is -4.55. The number of carbonyl (C=O) groups excluding carboxylic acids is 3. The monoisotopic (exact) mass is 596 g/mol. The number of methoxy groups -OCH3 is 2. The van der Waals surface area contributed by atoms with E-state index in [1.807, 2.05) is 47.4 Å². The van der Waals surface area contributed by atoms with Crippen molar-refractivity contribution in [3.63, 3.8) is 0 Å². The number of amides is 2. The average Bonchev–Trinajstić information content (AvgIpc) is 3.38. The molecule has 2 aromatic carbocycles.